The molecule has 18 heavy (non-hydrogen) atoms. The van der Waals surface area contributed by atoms with Crippen LogP contribution in [-0.4, -0.2) is 36.4 Å². The molecule has 0 fully saturated rings. The number of hydrogen-bond donors (Lipinski definition) is 0. The molecule has 0 rings (SSSR count). The van der Waals surface area contributed by atoms with Crippen molar-refractivity contribution in [2.75, 3.05) is 13.2 Å². The van der Waals surface area contributed by atoms with Gasteiger partial charge in [-0.3, -0.25) is 14.4 Å². The second-order valence-electron chi connectivity index (χ2n) is 3.15. The predicted molar refractivity (Wildman–Crippen MR) is 65.6 cm³/mol. The number of ether oxygens (including phenoxy) is 2. The lowest BCUT2D eigenvalue weighted by molar-refractivity contribution is -0.149. The molecule has 0 aliphatic rings. The van der Waals surface area contributed by atoms with Crippen LogP contribution in [0.4, 0.5) is 0 Å². The average Bonchev–Trinajstić information content (AvgIpc) is 2.34. The summed E-state index contributed by atoms with van der Waals surface area (Å²) in [4.78, 5) is 33.8. The third-order valence-electron chi connectivity index (χ3n) is 1.75. The van der Waals surface area contributed by atoms with Crippen molar-refractivity contribution in [2.45, 2.75) is 38.9 Å². The Morgan fingerprint density at radius 2 is 1.61 bits per heavy atom. The smallest absolute Gasteiger partial charge is 0.323 e. The highest BCUT2D eigenvalue weighted by Crippen LogP contribution is 2.19. The van der Waals surface area contributed by atoms with Crippen LogP contribution in [0, 0.1) is 0 Å². The number of carbonyl (C=O) groups is 3. The fourth-order valence-electron chi connectivity index (χ4n) is 0.934. The van der Waals surface area contributed by atoms with E-state index in [1.54, 1.807) is 20.8 Å². The van der Waals surface area contributed by atoms with Crippen LogP contribution < -0.4 is 0 Å². The Morgan fingerprint density at radius 1 is 1.00 bits per heavy atom. The van der Waals surface area contributed by atoms with E-state index in [1.807, 2.05) is 0 Å². The van der Waals surface area contributed by atoms with Gasteiger partial charge in [0.05, 0.1) is 31.7 Å². The van der Waals surface area contributed by atoms with Crippen LogP contribution in [0.3, 0.4) is 0 Å². The first kappa shape index (κ1) is 16.8. The largest absolute Gasteiger partial charge is 0.466 e. The van der Waals surface area contributed by atoms with Crippen molar-refractivity contribution in [3.8, 4) is 0 Å². The molecule has 7 heteroatoms. The molecule has 0 aliphatic heterocycles. The van der Waals surface area contributed by atoms with E-state index >= 15 is 0 Å². The molecule has 0 amide bonds. The number of hydrogen-bond acceptors (Lipinski definition) is 7. The zero-order valence-corrected chi connectivity index (χ0v) is 11.6. The lowest BCUT2D eigenvalue weighted by Crippen LogP contribution is -2.25. The summed E-state index contributed by atoms with van der Waals surface area (Å²) in [6.07, 6.45) is 0.0102. The van der Waals surface area contributed by atoms with Crippen LogP contribution in [0.15, 0.2) is 0 Å². The quantitative estimate of drug-likeness (QED) is 0.491. The molecule has 0 N–H and O–H groups in total. The van der Waals surface area contributed by atoms with Crippen LogP contribution in [0.5, 0.6) is 0 Å². The summed E-state index contributed by atoms with van der Waals surface area (Å²) in [5.41, 5.74) is 0. The predicted octanol–water partition coefficient (Wildman–Crippen LogP) is 1.47. The third-order valence-corrected chi connectivity index (χ3v) is 2.63. The van der Waals surface area contributed by atoms with E-state index < -0.39 is 23.2 Å². The summed E-state index contributed by atoms with van der Waals surface area (Å²) < 4.78 is 14.3. The van der Waals surface area contributed by atoms with E-state index in [4.69, 9.17) is 13.7 Å². The molecule has 0 heterocycles. The van der Waals surface area contributed by atoms with Gasteiger partial charge in [-0.2, -0.15) is 0 Å². The molecule has 0 aromatic rings. The maximum Gasteiger partial charge on any atom is 0.323 e. The highest BCUT2D eigenvalue weighted by atomic mass is 32.2. The first-order chi connectivity index (χ1) is 8.54. The minimum atomic E-state index is -0.889. The second kappa shape index (κ2) is 9.76. The van der Waals surface area contributed by atoms with Gasteiger partial charge in [-0.1, -0.05) is 6.92 Å². The van der Waals surface area contributed by atoms with E-state index in [1.165, 1.54) is 0 Å². The molecule has 1 unspecified atom stereocenters. The van der Waals surface area contributed by atoms with Crippen molar-refractivity contribution >= 4 is 30.0 Å². The van der Waals surface area contributed by atoms with Gasteiger partial charge >= 0.3 is 17.9 Å². The lowest BCUT2D eigenvalue weighted by Gasteiger charge is -2.13. The topological polar surface area (TPSA) is 78.9 Å². The van der Waals surface area contributed by atoms with Crippen LogP contribution in [0.2, 0.25) is 0 Å². The molecule has 0 saturated heterocycles. The molecule has 1 atom stereocenters. The number of rotatable bonds is 8. The maximum atomic E-state index is 11.5. The van der Waals surface area contributed by atoms with Crippen molar-refractivity contribution in [3.63, 3.8) is 0 Å². The van der Waals surface area contributed by atoms with Gasteiger partial charge in [-0.25, -0.2) is 0 Å². The van der Waals surface area contributed by atoms with Gasteiger partial charge in [0.25, 0.3) is 0 Å². The van der Waals surface area contributed by atoms with Gasteiger partial charge in [0.1, 0.15) is 0 Å². The normalized spacial score (nSPS) is 11.5. The van der Waals surface area contributed by atoms with Gasteiger partial charge in [0.2, 0.25) is 0 Å². The zero-order chi connectivity index (χ0) is 14.0. The van der Waals surface area contributed by atoms with Crippen LogP contribution >= 0.6 is 12.0 Å². The van der Waals surface area contributed by atoms with E-state index in [-0.39, 0.29) is 26.1 Å². The SMILES string of the molecule is CCOC(=O)CC(SOC(=O)CC)C(=O)OCC. The van der Waals surface area contributed by atoms with E-state index in [9.17, 15) is 14.4 Å². The molecular weight excluding hydrogens is 260 g/mol. The van der Waals surface area contributed by atoms with Crippen molar-refractivity contribution in [3.05, 3.63) is 0 Å². The molecule has 0 radical (unpaired) electrons. The molecule has 104 valence electrons. The van der Waals surface area contributed by atoms with Crippen LogP contribution in [0.25, 0.3) is 0 Å². The standard InChI is InChI=1S/C11H18O6S/c1-4-9(12)17-18-8(11(14)16-6-3)7-10(13)15-5-2/h8H,4-7H2,1-3H3. The molecule has 0 aliphatic carbocycles. The molecule has 0 saturated carbocycles. The summed E-state index contributed by atoms with van der Waals surface area (Å²) >= 11 is 0.632. The number of esters is 2. The van der Waals surface area contributed by atoms with Gasteiger partial charge in [0.15, 0.2) is 5.25 Å². The lowest BCUT2D eigenvalue weighted by atomic mass is 10.3. The molecule has 0 bridgehead atoms. The Morgan fingerprint density at radius 3 is 2.11 bits per heavy atom. The Kier molecular flexibility index (Phi) is 9.08. The Hall–Kier alpha value is -1.24. The Balaban J connectivity index is 4.37. The molecular formula is C11H18O6S. The zero-order valence-electron chi connectivity index (χ0n) is 10.8. The van der Waals surface area contributed by atoms with Gasteiger partial charge in [-0.05, 0) is 13.8 Å². The van der Waals surface area contributed by atoms with Crippen LogP contribution in [-0.2, 0) is 28.0 Å². The van der Waals surface area contributed by atoms with E-state index in [0.717, 1.165) is 0 Å². The number of carbonyl (C=O) groups excluding carboxylic acids is 3. The summed E-state index contributed by atoms with van der Waals surface area (Å²) in [5, 5.41) is -0.889. The fraction of sp³-hybridized carbons (Fsp3) is 0.727. The first-order valence-electron chi connectivity index (χ1n) is 5.73. The van der Waals surface area contributed by atoms with Gasteiger partial charge < -0.3 is 13.7 Å². The average molecular weight is 278 g/mol. The van der Waals surface area contributed by atoms with Gasteiger partial charge in [-0.15, -0.1) is 0 Å². The molecule has 0 aromatic carbocycles. The second-order valence-corrected chi connectivity index (χ2v) is 4.08. The van der Waals surface area contributed by atoms with Crippen molar-refractivity contribution in [1.29, 1.82) is 0 Å². The summed E-state index contributed by atoms with van der Waals surface area (Å²) in [6.45, 7) is 5.38. The monoisotopic (exact) mass is 278 g/mol. The Labute approximate surface area is 111 Å². The van der Waals surface area contributed by atoms with E-state index in [0.29, 0.717) is 12.0 Å². The molecule has 0 spiro atoms. The minimum absolute atomic E-state index is 0.186. The van der Waals surface area contributed by atoms with E-state index in [2.05, 4.69) is 0 Å². The first-order valence-corrected chi connectivity index (χ1v) is 6.53. The molecule has 0 aromatic heterocycles. The van der Waals surface area contributed by atoms with Crippen molar-refractivity contribution in [2.24, 2.45) is 0 Å². The van der Waals surface area contributed by atoms with Crippen LogP contribution in [0.1, 0.15) is 33.6 Å². The summed E-state index contributed by atoms with van der Waals surface area (Å²) in [7, 11) is 0. The summed E-state index contributed by atoms with van der Waals surface area (Å²) in [6, 6.07) is 0. The Bertz CT molecular complexity index is 291. The van der Waals surface area contributed by atoms with Gasteiger partial charge in [0, 0.05) is 6.42 Å². The molecule has 6 nitrogen and oxygen atoms in total. The minimum Gasteiger partial charge on any atom is -0.466 e. The maximum absolute atomic E-state index is 11.5. The van der Waals surface area contributed by atoms with Crippen molar-refractivity contribution < 1.29 is 28.0 Å². The highest BCUT2D eigenvalue weighted by molar-refractivity contribution is 7.96. The third kappa shape index (κ3) is 7.16. The highest BCUT2D eigenvalue weighted by Gasteiger charge is 2.27. The fourth-order valence-corrected chi connectivity index (χ4v) is 1.63. The summed E-state index contributed by atoms with van der Waals surface area (Å²) in [5.74, 6) is -1.59. The van der Waals surface area contributed by atoms with Crippen molar-refractivity contribution in [1.82, 2.24) is 0 Å².